The van der Waals surface area contributed by atoms with E-state index in [4.69, 9.17) is 17.3 Å². The smallest absolute Gasteiger partial charge is 0.257 e. The van der Waals surface area contributed by atoms with Gasteiger partial charge in [0.15, 0.2) is 0 Å². The number of hydrogen-bond acceptors (Lipinski definition) is 3. The number of carbonyl (C=O) groups is 1. The lowest BCUT2D eigenvalue weighted by Gasteiger charge is -2.18. The monoisotopic (exact) mass is 367 g/mol. The second-order valence-electron chi connectivity index (χ2n) is 4.75. The summed E-state index contributed by atoms with van der Waals surface area (Å²) in [6.07, 6.45) is 0. The van der Waals surface area contributed by atoms with Crippen molar-refractivity contribution in [2.75, 3.05) is 30.0 Å². The first-order valence-electron chi connectivity index (χ1n) is 6.21. The molecule has 0 radical (unpaired) electrons. The predicted octanol–water partition coefficient (Wildman–Crippen LogP) is 4.00. The molecule has 6 heteroatoms. The molecule has 0 aromatic heterocycles. The van der Waals surface area contributed by atoms with Crippen LogP contribution in [0.5, 0.6) is 0 Å². The van der Waals surface area contributed by atoms with Gasteiger partial charge >= 0.3 is 0 Å². The fraction of sp³-hybridized carbons (Fsp3) is 0.133. The molecule has 110 valence electrons. The summed E-state index contributed by atoms with van der Waals surface area (Å²) in [6, 6.07) is 10.4. The van der Waals surface area contributed by atoms with Crippen LogP contribution in [0.3, 0.4) is 0 Å². The standard InChI is InChI=1S/C15H15BrClN3O/c1-20(2)14-6-4-10(18)8-11(14)15(21)19-13-5-3-9(17)7-12(13)16/h3-8H,18H2,1-2H3,(H,19,21). The molecule has 0 aliphatic heterocycles. The Hall–Kier alpha value is -1.72. The fourth-order valence-electron chi connectivity index (χ4n) is 1.91. The molecule has 2 rings (SSSR count). The van der Waals surface area contributed by atoms with E-state index >= 15 is 0 Å². The molecule has 0 heterocycles. The number of carbonyl (C=O) groups excluding carboxylic acids is 1. The number of halogens is 2. The van der Waals surface area contributed by atoms with E-state index in [-0.39, 0.29) is 5.91 Å². The number of hydrogen-bond donors (Lipinski definition) is 2. The highest BCUT2D eigenvalue weighted by molar-refractivity contribution is 9.10. The van der Waals surface area contributed by atoms with Crippen LogP contribution in [0.25, 0.3) is 0 Å². The van der Waals surface area contributed by atoms with Crippen molar-refractivity contribution in [1.82, 2.24) is 0 Å². The van der Waals surface area contributed by atoms with E-state index in [2.05, 4.69) is 21.2 Å². The maximum atomic E-state index is 12.5. The second kappa shape index (κ2) is 6.37. The largest absolute Gasteiger partial charge is 0.399 e. The minimum Gasteiger partial charge on any atom is -0.399 e. The van der Waals surface area contributed by atoms with E-state index in [1.807, 2.05) is 25.1 Å². The molecule has 3 N–H and O–H groups in total. The molecule has 21 heavy (non-hydrogen) atoms. The molecule has 2 aromatic rings. The summed E-state index contributed by atoms with van der Waals surface area (Å²) in [7, 11) is 3.75. The van der Waals surface area contributed by atoms with E-state index in [0.29, 0.717) is 22.0 Å². The van der Waals surface area contributed by atoms with Crippen molar-refractivity contribution in [3.63, 3.8) is 0 Å². The highest BCUT2D eigenvalue weighted by Crippen LogP contribution is 2.28. The average Bonchev–Trinajstić information content (AvgIpc) is 2.41. The molecule has 0 saturated carbocycles. The third-order valence-electron chi connectivity index (χ3n) is 2.93. The van der Waals surface area contributed by atoms with Crippen LogP contribution in [0, 0.1) is 0 Å². The lowest BCUT2D eigenvalue weighted by molar-refractivity contribution is 0.102. The van der Waals surface area contributed by atoms with Gasteiger partial charge in [-0.1, -0.05) is 11.6 Å². The maximum absolute atomic E-state index is 12.5. The Morgan fingerprint density at radius 1 is 1.24 bits per heavy atom. The molecule has 0 spiro atoms. The van der Waals surface area contributed by atoms with Crippen molar-refractivity contribution < 1.29 is 4.79 Å². The molecule has 0 aliphatic carbocycles. The Morgan fingerprint density at radius 2 is 1.95 bits per heavy atom. The lowest BCUT2D eigenvalue weighted by Crippen LogP contribution is -2.19. The van der Waals surface area contributed by atoms with Gasteiger partial charge in [0.1, 0.15) is 0 Å². The number of amides is 1. The minimum absolute atomic E-state index is 0.228. The quantitative estimate of drug-likeness (QED) is 0.805. The molecule has 0 fully saturated rings. The normalized spacial score (nSPS) is 10.3. The van der Waals surface area contributed by atoms with Crippen molar-refractivity contribution in [2.24, 2.45) is 0 Å². The van der Waals surface area contributed by atoms with Gasteiger partial charge in [-0.3, -0.25) is 4.79 Å². The molecule has 4 nitrogen and oxygen atoms in total. The zero-order valence-electron chi connectivity index (χ0n) is 11.7. The first-order valence-corrected chi connectivity index (χ1v) is 7.39. The highest BCUT2D eigenvalue weighted by atomic mass is 79.9. The second-order valence-corrected chi connectivity index (χ2v) is 6.04. The number of benzene rings is 2. The van der Waals surface area contributed by atoms with Crippen LogP contribution in [-0.2, 0) is 0 Å². The fourth-order valence-corrected chi connectivity index (χ4v) is 2.69. The summed E-state index contributed by atoms with van der Waals surface area (Å²) < 4.78 is 0.721. The Morgan fingerprint density at radius 3 is 2.57 bits per heavy atom. The molecule has 2 aromatic carbocycles. The van der Waals surface area contributed by atoms with Crippen LogP contribution in [0.2, 0.25) is 5.02 Å². The lowest BCUT2D eigenvalue weighted by atomic mass is 10.1. The van der Waals surface area contributed by atoms with E-state index < -0.39 is 0 Å². The van der Waals surface area contributed by atoms with Gasteiger partial charge in [0, 0.05) is 35.0 Å². The number of rotatable bonds is 3. The third-order valence-corrected chi connectivity index (χ3v) is 3.82. The van der Waals surface area contributed by atoms with Crippen LogP contribution >= 0.6 is 27.5 Å². The van der Waals surface area contributed by atoms with Crippen molar-refractivity contribution in [1.29, 1.82) is 0 Å². The van der Waals surface area contributed by atoms with Crippen LogP contribution in [0.4, 0.5) is 17.1 Å². The predicted molar refractivity (Wildman–Crippen MR) is 92.3 cm³/mol. The van der Waals surface area contributed by atoms with Crippen LogP contribution in [0.1, 0.15) is 10.4 Å². The molecule has 1 amide bonds. The third kappa shape index (κ3) is 3.68. The van der Waals surface area contributed by atoms with Gasteiger partial charge in [0.2, 0.25) is 0 Å². The van der Waals surface area contributed by atoms with Gasteiger partial charge in [-0.2, -0.15) is 0 Å². The summed E-state index contributed by atoms with van der Waals surface area (Å²) in [5.41, 5.74) is 8.29. The van der Waals surface area contributed by atoms with E-state index in [1.165, 1.54) is 0 Å². The molecule has 0 unspecified atom stereocenters. The van der Waals surface area contributed by atoms with E-state index in [0.717, 1.165) is 10.2 Å². The minimum atomic E-state index is -0.228. The Labute approximate surface area is 137 Å². The molecular weight excluding hydrogens is 354 g/mol. The topological polar surface area (TPSA) is 58.4 Å². The van der Waals surface area contributed by atoms with E-state index in [9.17, 15) is 4.79 Å². The summed E-state index contributed by atoms with van der Waals surface area (Å²) in [6.45, 7) is 0. The van der Waals surface area contributed by atoms with Gasteiger partial charge in [0.25, 0.3) is 5.91 Å². The zero-order valence-corrected chi connectivity index (χ0v) is 14.0. The summed E-state index contributed by atoms with van der Waals surface area (Å²) in [5.74, 6) is -0.228. The van der Waals surface area contributed by atoms with Crippen molar-refractivity contribution in [3.8, 4) is 0 Å². The van der Waals surface area contributed by atoms with Crippen molar-refractivity contribution >= 4 is 50.5 Å². The molecule has 0 saturated heterocycles. The van der Waals surface area contributed by atoms with Crippen molar-refractivity contribution in [2.45, 2.75) is 0 Å². The Bertz CT molecular complexity index is 689. The van der Waals surface area contributed by atoms with E-state index in [1.54, 1.807) is 30.3 Å². The number of nitrogen functional groups attached to an aromatic ring is 1. The van der Waals surface area contributed by atoms with Gasteiger partial charge in [-0.15, -0.1) is 0 Å². The summed E-state index contributed by atoms with van der Waals surface area (Å²) in [5, 5.41) is 3.44. The number of anilines is 3. The molecule has 0 atom stereocenters. The van der Waals surface area contributed by atoms with Gasteiger partial charge in [0.05, 0.1) is 11.3 Å². The van der Waals surface area contributed by atoms with Gasteiger partial charge < -0.3 is 16.0 Å². The SMILES string of the molecule is CN(C)c1ccc(N)cc1C(=O)Nc1ccc(Cl)cc1Br. The molecular formula is C15H15BrClN3O. The van der Waals surface area contributed by atoms with Gasteiger partial charge in [-0.25, -0.2) is 0 Å². The summed E-state index contributed by atoms with van der Waals surface area (Å²) >= 11 is 9.27. The molecule has 0 bridgehead atoms. The number of nitrogens with one attached hydrogen (secondary N) is 1. The van der Waals surface area contributed by atoms with Gasteiger partial charge in [-0.05, 0) is 52.3 Å². The maximum Gasteiger partial charge on any atom is 0.257 e. The van der Waals surface area contributed by atoms with Crippen molar-refractivity contribution in [3.05, 3.63) is 51.5 Å². The first kappa shape index (κ1) is 15.7. The number of nitrogens with two attached hydrogens (primary N) is 1. The van der Waals surface area contributed by atoms with Crippen LogP contribution in [0.15, 0.2) is 40.9 Å². The number of nitrogens with zero attached hydrogens (tertiary/aromatic N) is 1. The Kier molecular flexibility index (Phi) is 4.75. The average molecular weight is 369 g/mol. The van der Waals surface area contributed by atoms with Crippen LogP contribution in [-0.4, -0.2) is 20.0 Å². The Balaban J connectivity index is 2.34. The zero-order chi connectivity index (χ0) is 15.6. The summed E-state index contributed by atoms with van der Waals surface area (Å²) in [4.78, 5) is 14.3. The molecule has 0 aliphatic rings. The first-order chi connectivity index (χ1) is 9.88. The van der Waals surface area contributed by atoms with Crippen LogP contribution < -0.4 is 16.0 Å². The highest BCUT2D eigenvalue weighted by Gasteiger charge is 2.14.